The van der Waals surface area contributed by atoms with E-state index in [4.69, 9.17) is 16.6 Å². The van der Waals surface area contributed by atoms with E-state index in [2.05, 4.69) is 49.9 Å². The smallest absolute Gasteiger partial charge is 0.169 e. The van der Waals surface area contributed by atoms with E-state index in [0.29, 0.717) is 18.2 Å². The molecule has 0 amide bonds. The van der Waals surface area contributed by atoms with Crippen LogP contribution in [0.5, 0.6) is 5.75 Å². The second-order valence-corrected chi connectivity index (χ2v) is 9.30. The minimum Gasteiger partial charge on any atom is -0.508 e. The molecule has 6 heteroatoms. The molecule has 0 atom stereocenters. The number of hydrogen-bond donors (Lipinski definition) is 1. The molecular formula is C25H26ClFN2OS. The Labute approximate surface area is 192 Å². The quantitative estimate of drug-likeness (QED) is 0.238. The van der Waals surface area contributed by atoms with Crippen LogP contribution in [0.3, 0.4) is 0 Å². The van der Waals surface area contributed by atoms with Gasteiger partial charge in [-0.25, -0.2) is 9.38 Å². The van der Waals surface area contributed by atoms with Crippen LogP contribution < -0.4 is 0 Å². The normalized spacial score (nSPS) is 11.7. The van der Waals surface area contributed by atoms with Crippen molar-refractivity contribution in [3.63, 3.8) is 0 Å². The summed E-state index contributed by atoms with van der Waals surface area (Å²) in [5.41, 5.74) is 2.85. The van der Waals surface area contributed by atoms with Crippen molar-refractivity contribution >= 4 is 34.2 Å². The van der Waals surface area contributed by atoms with Gasteiger partial charge in [-0.3, -0.25) is 0 Å². The van der Waals surface area contributed by atoms with Gasteiger partial charge in [-0.15, -0.1) is 0 Å². The monoisotopic (exact) mass is 456 g/mol. The maximum atomic E-state index is 13.7. The predicted octanol–water partition coefficient (Wildman–Crippen LogP) is 7.43. The van der Waals surface area contributed by atoms with Gasteiger partial charge in [0, 0.05) is 18.0 Å². The van der Waals surface area contributed by atoms with Crippen molar-refractivity contribution < 1.29 is 9.50 Å². The van der Waals surface area contributed by atoms with Crippen molar-refractivity contribution in [3.8, 4) is 5.75 Å². The van der Waals surface area contributed by atoms with Gasteiger partial charge in [-0.1, -0.05) is 67.0 Å². The van der Waals surface area contributed by atoms with Crippen LogP contribution in [0.15, 0.2) is 76.6 Å². The molecule has 3 nitrogen and oxygen atoms in total. The van der Waals surface area contributed by atoms with Gasteiger partial charge < -0.3 is 10.0 Å². The molecule has 0 heterocycles. The minimum atomic E-state index is -0.462. The standard InChI is InChI=1S/C25H26ClFN2OS/c1-17(2)15-29(16-19-6-9-21(30)10-7-19)25(31-22-11-4-18(3)5-12-22)28-20-8-13-24(27)23(26)14-20/h4-14,17,30H,15-16H2,1-3H3. The van der Waals surface area contributed by atoms with Gasteiger partial charge in [0.15, 0.2) is 5.17 Å². The molecule has 0 unspecified atom stereocenters. The first-order valence-electron chi connectivity index (χ1n) is 10.1. The third-order valence-corrected chi connectivity index (χ3v) is 5.85. The number of aromatic hydroxyl groups is 1. The summed E-state index contributed by atoms with van der Waals surface area (Å²) in [5.74, 6) is 0.178. The first kappa shape index (κ1) is 23.2. The maximum Gasteiger partial charge on any atom is 0.169 e. The molecule has 162 valence electrons. The zero-order valence-corrected chi connectivity index (χ0v) is 19.4. The van der Waals surface area contributed by atoms with Crippen LogP contribution in [-0.2, 0) is 6.54 Å². The highest BCUT2D eigenvalue weighted by Crippen LogP contribution is 2.29. The van der Waals surface area contributed by atoms with E-state index in [9.17, 15) is 9.50 Å². The topological polar surface area (TPSA) is 35.8 Å². The van der Waals surface area contributed by atoms with E-state index in [0.717, 1.165) is 22.2 Å². The Morgan fingerprint density at radius 1 is 1.06 bits per heavy atom. The van der Waals surface area contributed by atoms with Crippen LogP contribution in [0.2, 0.25) is 5.02 Å². The third-order valence-electron chi connectivity index (χ3n) is 4.52. The van der Waals surface area contributed by atoms with Crippen molar-refractivity contribution in [2.75, 3.05) is 6.54 Å². The second kappa shape index (κ2) is 10.7. The van der Waals surface area contributed by atoms with Gasteiger partial charge in [0.25, 0.3) is 0 Å². The number of phenolic OH excluding ortho intramolecular Hbond substituents is 1. The Kier molecular flexibility index (Phi) is 7.99. The van der Waals surface area contributed by atoms with Crippen molar-refractivity contribution in [2.24, 2.45) is 10.9 Å². The fraction of sp³-hybridized carbons (Fsp3) is 0.240. The lowest BCUT2D eigenvalue weighted by Gasteiger charge is -2.28. The molecule has 3 aromatic carbocycles. The Balaban J connectivity index is 2.00. The molecule has 0 aliphatic carbocycles. The van der Waals surface area contributed by atoms with Crippen LogP contribution in [-0.4, -0.2) is 21.7 Å². The second-order valence-electron chi connectivity index (χ2n) is 7.85. The average molecular weight is 457 g/mol. The van der Waals surface area contributed by atoms with Crippen molar-refractivity contribution in [2.45, 2.75) is 32.2 Å². The molecule has 3 aromatic rings. The number of phenols is 1. The number of halogens is 2. The summed E-state index contributed by atoms with van der Waals surface area (Å²) in [6, 6.07) is 20.0. The molecule has 0 saturated heterocycles. The number of aliphatic imine (C=N–C) groups is 1. The van der Waals surface area contributed by atoms with Crippen molar-refractivity contribution in [1.82, 2.24) is 4.90 Å². The SMILES string of the molecule is Cc1ccc(SC(=Nc2ccc(F)c(Cl)c2)N(Cc2ccc(O)cc2)CC(C)C)cc1. The molecule has 0 aliphatic heterocycles. The number of hydrogen-bond acceptors (Lipinski definition) is 3. The van der Waals surface area contributed by atoms with E-state index in [1.54, 1.807) is 36.0 Å². The van der Waals surface area contributed by atoms with E-state index in [1.807, 2.05) is 12.1 Å². The third kappa shape index (κ3) is 7.01. The summed E-state index contributed by atoms with van der Waals surface area (Å²) in [6.07, 6.45) is 0. The number of benzene rings is 3. The lowest BCUT2D eigenvalue weighted by Crippen LogP contribution is -2.32. The molecule has 31 heavy (non-hydrogen) atoms. The number of aryl methyl sites for hydroxylation is 1. The van der Waals surface area contributed by atoms with Crippen molar-refractivity contribution in [3.05, 3.63) is 88.7 Å². The van der Waals surface area contributed by atoms with Gasteiger partial charge in [-0.05, 0) is 60.9 Å². The summed E-state index contributed by atoms with van der Waals surface area (Å²) >= 11 is 7.56. The Morgan fingerprint density at radius 3 is 2.35 bits per heavy atom. The molecule has 0 aromatic heterocycles. The number of thioether (sulfide) groups is 1. The first-order chi connectivity index (χ1) is 14.8. The largest absolute Gasteiger partial charge is 0.508 e. The first-order valence-corrected chi connectivity index (χ1v) is 11.3. The molecule has 0 bridgehead atoms. The zero-order chi connectivity index (χ0) is 22.4. The average Bonchev–Trinajstić information content (AvgIpc) is 2.72. The summed E-state index contributed by atoms with van der Waals surface area (Å²) in [5, 5.41) is 10.5. The molecule has 0 fully saturated rings. The Bertz CT molecular complexity index is 1040. The van der Waals surface area contributed by atoms with Crippen LogP contribution in [0.4, 0.5) is 10.1 Å². The fourth-order valence-corrected chi connectivity index (χ4v) is 4.08. The van der Waals surface area contributed by atoms with Crippen LogP contribution >= 0.6 is 23.4 Å². The van der Waals surface area contributed by atoms with E-state index >= 15 is 0 Å². The molecule has 0 spiro atoms. The van der Waals surface area contributed by atoms with Gasteiger partial charge in [0.05, 0.1) is 10.7 Å². The molecule has 0 saturated carbocycles. The van der Waals surface area contributed by atoms with Crippen LogP contribution in [0.25, 0.3) is 0 Å². The number of rotatable bonds is 6. The number of nitrogens with zero attached hydrogens (tertiary/aromatic N) is 2. The Hall–Kier alpha value is -2.50. The molecule has 3 rings (SSSR count). The lowest BCUT2D eigenvalue weighted by molar-refractivity contribution is 0.365. The number of amidine groups is 1. The molecule has 1 N–H and O–H groups in total. The highest BCUT2D eigenvalue weighted by molar-refractivity contribution is 8.13. The van der Waals surface area contributed by atoms with Crippen molar-refractivity contribution in [1.29, 1.82) is 0 Å². The fourth-order valence-electron chi connectivity index (χ4n) is 3.01. The molecular weight excluding hydrogens is 431 g/mol. The van der Waals surface area contributed by atoms with E-state index < -0.39 is 5.82 Å². The predicted molar refractivity (Wildman–Crippen MR) is 129 cm³/mol. The molecule has 0 aliphatic rings. The summed E-state index contributed by atoms with van der Waals surface area (Å²) in [4.78, 5) is 8.12. The zero-order valence-electron chi connectivity index (χ0n) is 17.8. The highest BCUT2D eigenvalue weighted by Gasteiger charge is 2.16. The maximum absolute atomic E-state index is 13.7. The van der Waals surface area contributed by atoms with Gasteiger partial charge in [-0.2, -0.15) is 0 Å². The van der Waals surface area contributed by atoms with Gasteiger partial charge >= 0.3 is 0 Å². The molecule has 0 radical (unpaired) electrons. The Morgan fingerprint density at radius 2 is 1.74 bits per heavy atom. The van der Waals surface area contributed by atoms with Gasteiger partial charge in [0.1, 0.15) is 11.6 Å². The highest BCUT2D eigenvalue weighted by atomic mass is 35.5. The summed E-state index contributed by atoms with van der Waals surface area (Å²) < 4.78 is 13.7. The lowest BCUT2D eigenvalue weighted by atomic mass is 10.1. The summed E-state index contributed by atoms with van der Waals surface area (Å²) in [7, 11) is 0. The van der Waals surface area contributed by atoms with Crippen LogP contribution in [0.1, 0.15) is 25.0 Å². The van der Waals surface area contributed by atoms with E-state index in [1.165, 1.54) is 11.6 Å². The van der Waals surface area contributed by atoms with Gasteiger partial charge in [0.2, 0.25) is 0 Å². The van der Waals surface area contributed by atoms with Crippen LogP contribution in [0, 0.1) is 18.7 Å². The van der Waals surface area contributed by atoms with E-state index in [-0.39, 0.29) is 10.8 Å². The minimum absolute atomic E-state index is 0.0508. The summed E-state index contributed by atoms with van der Waals surface area (Å²) in [6.45, 7) is 7.79.